The standard InChI is InChI=1S/C11H14BrN3S2/c1-15(5-8-6-16-7-14-8)9(4-13)10-2-3-11(12)17-10/h2-3,6-7,9H,4-5,13H2,1H3. The van der Waals surface area contributed by atoms with Crippen molar-refractivity contribution in [3.8, 4) is 0 Å². The zero-order valence-corrected chi connectivity index (χ0v) is 12.7. The summed E-state index contributed by atoms with van der Waals surface area (Å²) in [5, 5.41) is 2.08. The van der Waals surface area contributed by atoms with Crippen LogP contribution in [0.4, 0.5) is 0 Å². The van der Waals surface area contributed by atoms with Gasteiger partial charge in [0.15, 0.2) is 0 Å². The van der Waals surface area contributed by atoms with Gasteiger partial charge < -0.3 is 5.73 Å². The first kappa shape index (κ1) is 13.2. The zero-order chi connectivity index (χ0) is 12.3. The Morgan fingerprint density at radius 1 is 1.53 bits per heavy atom. The number of thiazole rings is 1. The van der Waals surface area contributed by atoms with E-state index in [1.54, 1.807) is 22.7 Å². The molecule has 0 aliphatic carbocycles. The molecule has 2 N–H and O–H groups in total. The summed E-state index contributed by atoms with van der Waals surface area (Å²) in [7, 11) is 2.09. The predicted octanol–water partition coefficient (Wildman–Crippen LogP) is 3.10. The summed E-state index contributed by atoms with van der Waals surface area (Å²) >= 11 is 6.85. The number of halogens is 1. The molecule has 17 heavy (non-hydrogen) atoms. The van der Waals surface area contributed by atoms with Gasteiger partial charge in [-0.2, -0.15) is 0 Å². The maximum absolute atomic E-state index is 5.88. The van der Waals surface area contributed by atoms with E-state index in [-0.39, 0.29) is 6.04 Å². The highest BCUT2D eigenvalue weighted by Gasteiger charge is 2.17. The van der Waals surface area contributed by atoms with E-state index in [2.05, 4.69) is 50.4 Å². The van der Waals surface area contributed by atoms with Crippen LogP contribution in [0.25, 0.3) is 0 Å². The summed E-state index contributed by atoms with van der Waals surface area (Å²) in [6.07, 6.45) is 0. The van der Waals surface area contributed by atoms with Crippen molar-refractivity contribution in [1.29, 1.82) is 0 Å². The minimum Gasteiger partial charge on any atom is -0.329 e. The SMILES string of the molecule is CN(Cc1cscn1)C(CN)c1ccc(Br)s1. The van der Waals surface area contributed by atoms with Crippen molar-refractivity contribution in [1.82, 2.24) is 9.88 Å². The molecule has 0 fully saturated rings. The van der Waals surface area contributed by atoms with E-state index in [4.69, 9.17) is 5.73 Å². The topological polar surface area (TPSA) is 42.2 Å². The maximum Gasteiger partial charge on any atom is 0.0795 e. The average molecular weight is 332 g/mol. The third-order valence-corrected chi connectivity index (χ3v) is 4.93. The molecule has 1 atom stereocenters. The molecule has 0 aromatic carbocycles. The lowest BCUT2D eigenvalue weighted by molar-refractivity contribution is 0.243. The molecule has 2 aromatic rings. The Bertz CT molecular complexity index is 455. The van der Waals surface area contributed by atoms with Crippen LogP contribution in [0.15, 0.2) is 26.8 Å². The molecule has 92 valence electrons. The quantitative estimate of drug-likeness (QED) is 0.915. The molecule has 0 radical (unpaired) electrons. The fraction of sp³-hybridized carbons (Fsp3) is 0.364. The van der Waals surface area contributed by atoms with E-state index >= 15 is 0 Å². The minimum absolute atomic E-state index is 0.257. The largest absolute Gasteiger partial charge is 0.329 e. The van der Waals surface area contributed by atoms with E-state index < -0.39 is 0 Å². The van der Waals surface area contributed by atoms with Crippen LogP contribution >= 0.6 is 38.6 Å². The summed E-state index contributed by atoms with van der Waals surface area (Å²) in [4.78, 5) is 7.83. The Labute approximate surface area is 117 Å². The molecule has 1 unspecified atom stereocenters. The second kappa shape index (κ2) is 6.06. The smallest absolute Gasteiger partial charge is 0.0795 e. The number of thiophene rings is 1. The molecule has 0 aliphatic rings. The minimum atomic E-state index is 0.257. The molecule has 2 aromatic heterocycles. The molecule has 0 aliphatic heterocycles. The van der Waals surface area contributed by atoms with Crippen LogP contribution < -0.4 is 5.73 Å². The second-order valence-corrected chi connectivity index (χ2v) is 7.00. The average Bonchev–Trinajstić information content (AvgIpc) is 2.91. The summed E-state index contributed by atoms with van der Waals surface area (Å²) in [5.41, 5.74) is 8.84. The van der Waals surface area contributed by atoms with E-state index in [9.17, 15) is 0 Å². The highest BCUT2D eigenvalue weighted by molar-refractivity contribution is 9.11. The van der Waals surface area contributed by atoms with Crippen LogP contribution in [0, 0.1) is 0 Å². The van der Waals surface area contributed by atoms with Gasteiger partial charge in [0.2, 0.25) is 0 Å². The van der Waals surface area contributed by atoms with Crippen molar-refractivity contribution in [3.63, 3.8) is 0 Å². The summed E-state index contributed by atoms with van der Waals surface area (Å²) < 4.78 is 1.15. The van der Waals surface area contributed by atoms with Crippen LogP contribution in [0.3, 0.4) is 0 Å². The maximum atomic E-state index is 5.88. The van der Waals surface area contributed by atoms with Crippen LogP contribution in [0.2, 0.25) is 0 Å². The molecule has 2 rings (SSSR count). The van der Waals surface area contributed by atoms with Gasteiger partial charge in [0.25, 0.3) is 0 Å². The first-order valence-electron chi connectivity index (χ1n) is 5.23. The van der Waals surface area contributed by atoms with Gasteiger partial charge in [-0.25, -0.2) is 4.98 Å². The first-order chi connectivity index (χ1) is 8.20. The molecule has 0 spiro atoms. The highest BCUT2D eigenvalue weighted by atomic mass is 79.9. The zero-order valence-electron chi connectivity index (χ0n) is 9.47. The van der Waals surface area contributed by atoms with Crippen molar-refractivity contribution in [3.05, 3.63) is 37.4 Å². The highest BCUT2D eigenvalue weighted by Crippen LogP contribution is 2.30. The number of nitrogens with two attached hydrogens (primary N) is 1. The van der Waals surface area contributed by atoms with Gasteiger partial charge in [0, 0.05) is 23.3 Å². The van der Waals surface area contributed by atoms with E-state index in [0.717, 1.165) is 16.0 Å². The fourth-order valence-electron chi connectivity index (χ4n) is 1.70. The number of hydrogen-bond acceptors (Lipinski definition) is 5. The Kier molecular flexibility index (Phi) is 4.69. The van der Waals surface area contributed by atoms with Gasteiger partial charge in [-0.1, -0.05) is 0 Å². The number of hydrogen-bond donors (Lipinski definition) is 1. The van der Waals surface area contributed by atoms with Crippen molar-refractivity contribution >= 4 is 38.6 Å². The monoisotopic (exact) mass is 331 g/mol. The lowest BCUT2D eigenvalue weighted by Crippen LogP contribution is -2.29. The molecule has 2 heterocycles. The van der Waals surface area contributed by atoms with E-state index in [1.165, 1.54) is 4.88 Å². The molecule has 0 saturated heterocycles. The molecule has 3 nitrogen and oxygen atoms in total. The summed E-state index contributed by atoms with van der Waals surface area (Å²) in [6, 6.07) is 4.45. The third kappa shape index (κ3) is 3.35. The molecule has 6 heteroatoms. The Hall–Kier alpha value is -0.270. The van der Waals surface area contributed by atoms with Crippen LogP contribution in [0.5, 0.6) is 0 Å². The van der Waals surface area contributed by atoms with Gasteiger partial charge in [-0.15, -0.1) is 22.7 Å². The van der Waals surface area contributed by atoms with Gasteiger partial charge in [0.05, 0.1) is 21.0 Å². The lowest BCUT2D eigenvalue weighted by Gasteiger charge is -2.25. The fourth-order valence-corrected chi connectivity index (χ4v) is 3.85. The molecule has 0 saturated carbocycles. The third-order valence-electron chi connectivity index (χ3n) is 2.57. The number of nitrogens with zero attached hydrogens (tertiary/aromatic N) is 2. The number of rotatable bonds is 5. The summed E-state index contributed by atoms with van der Waals surface area (Å²) in [5.74, 6) is 0. The van der Waals surface area contributed by atoms with E-state index in [0.29, 0.717) is 6.54 Å². The Balaban J connectivity index is 2.07. The van der Waals surface area contributed by atoms with Crippen LogP contribution in [-0.2, 0) is 6.54 Å². The molecular weight excluding hydrogens is 318 g/mol. The first-order valence-corrected chi connectivity index (χ1v) is 7.78. The molecule has 0 amide bonds. The second-order valence-electron chi connectivity index (χ2n) is 3.79. The van der Waals surface area contributed by atoms with Gasteiger partial charge in [-0.3, -0.25) is 4.90 Å². The lowest BCUT2D eigenvalue weighted by atomic mass is 10.2. The Morgan fingerprint density at radius 2 is 2.35 bits per heavy atom. The summed E-state index contributed by atoms with van der Waals surface area (Å²) in [6.45, 7) is 1.45. The van der Waals surface area contributed by atoms with Crippen molar-refractivity contribution < 1.29 is 0 Å². The van der Waals surface area contributed by atoms with Crippen molar-refractivity contribution in [2.75, 3.05) is 13.6 Å². The van der Waals surface area contributed by atoms with Gasteiger partial charge >= 0.3 is 0 Å². The van der Waals surface area contributed by atoms with E-state index in [1.807, 2.05) is 5.51 Å². The van der Waals surface area contributed by atoms with Crippen LogP contribution in [-0.4, -0.2) is 23.5 Å². The Morgan fingerprint density at radius 3 is 2.88 bits per heavy atom. The number of likely N-dealkylation sites (N-methyl/N-ethyl adjacent to an activating group) is 1. The predicted molar refractivity (Wildman–Crippen MR) is 77.4 cm³/mol. The number of aromatic nitrogens is 1. The normalized spacial score (nSPS) is 13.2. The van der Waals surface area contributed by atoms with Gasteiger partial charge in [0.1, 0.15) is 0 Å². The molecular formula is C11H14BrN3S2. The van der Waals surface area contributed by atoms with Crippen LogP contribution in [0.1, 0.15) is 16.6 Å². The van der Waals surface area contributed by atoms with Crippen molar-refractivity contribution in [2.45, 2.75) is 12.6 Å². The van der Waals surface area contributed by atoms with Crippen molar-refractivity contribution in [2.24, 2.45) is 5.73 Å². The molecule has 0 bridgehead atoms. The van der Waals surface area contributed by atoms with Gasteiger partial charge in [-0.05, 0) is 35.1 Å².